The number of methoxy groups -OCH3 is 1. The quantitative estimate of drug-likeness (QED) is 0.426. The van der Waals surface area contributed by atoms with E-state index in [1.165, 1.54) is 24.1 Å². The topological polar surface area (TPSA) is 122 Å². The molecule has 0 unspecified atom stereocenters. The summed E-state index contributed by atoms with van der Waals surface area (Å²) in [6.07, 6.45) is -10.8. The van der Waals surface area contributed by atoms with E-state index in [9.17, 15) is 39.9 Å². The molecule has 3 heterocycles. The molecule has 2 aromatic rings. The summed E-state index contributed by atoms with van der Waals surface area (Å²) in [5.74, 6) is 4.91. The molecule has 0 atom stereocenters. The maximum Gasteiger partial charge on any atom is 0.430 e. The number of rotatable bonds is 5. The van der Waals surface area contributed by atoms with Gasteiger partial charge in [0.25, 0.3) is 5.60 Å². The van der Waals surface area contributed by atoms with Gasteiger partial charge in [0.15, 0.2) is 0 Å². The fourth-order valence-corrected chi connectivity index (χ4v) is 4.89. The van der Waals surface area contributed by atoms with Crippen molar-refractivity contribution < 1.29 is 44.6 Å². The number of piperazine rings is 1. The van der Waals surface area contributed by atoms with E-state index in [2.05, 4.69) is 21.8 Å². The van der Waals surface area contributed by atoms with Gasteiger partial charge in [-0.2, -0.15) is 30.6 Å². The number of anilines is 2. The largest absolute Gasteiger partial charge is 0.430 e. The monoisotopic (exact) mass is 553 g/mol. The van der Waals surface area contributed by atoms with Crippen LogP contribution in [-0.2, 0) is 20.4 Å². The molecular formula is C21H21F6N5O4S. The first kappa shape index (κ1) is 28.4. The third-order valence-electron chi connectivity index (χ3n) is 5.48. The van der Waals surface area contributed by atoms with E-state index >= 15 is 0 Å². The molecular weight excluding hydrogens is 532 g/mol. The van der Waals surface area contributed by atoms with E-state index in [0.29, 0.717) is 6.07 Å². The van der Waals surface area contributed by atoms with Gasteiger partial charge in [-0.15, -0.1) is 0 Å². The van der Waals surface area contributed by atoms with Gasteiger partial charge in [0.2, 0.25) is 10.0 Å². The predicted octanol–water partition coefficient (Wildman–Crippen LogP) is 1.88. The van der Waals surface area contributed by atoms with Crippen LogP contribution in [0.3, 0.4) is 0 Å². The molecule has 202 valence electrons. The highest BCUT2D eigenvalue weighted by atomic mass is 32.2. The van der Waals surface area contributed by atoms with Crippen LogP contribution in [0.5, 0.6) is 0 Å². The molecule has 0 radical (unpaired) electrons. The Kier molecular flexibility index (Phi) is 7.94. The second kappa shape index (κ2) is 10.3. The Hall–Kier alpha value is -3.13. The third kappa shape index (κ3) is 5.59. The van der Waals surface area contributed by atoms with Crippen molar-refractivity contribution in [3.63, 3.8) is 0 Å². The molecule has 3 rings (SSSR count). The van der Waals surface area contributed by atoms with Crippen LogP contribution in [0, 0.1) is 11.8 Å². The summed E-state index contributed by atoms with van der Waals surface area (Å²) in [5, 5.41) is 9.74. The summed E-state index contributed by atoms with van der Waals surface area (Å²) >= 11 is 0. The van der Waals surface area contributed by atoms with Gasteiger partial charge in [0.05, 0.1) is 5.56 Å². The summed E-state index contributed by atoms with van der Waals surface area (Å²) in [6.45, 7) is -0.341. The molecule has 0 amide bonds. The molecule has 0 aliphatic carbocycles. The highest BCUT2D eigenvalue weighted by Gasteiger charge is 2.71. The molecule has 1 saturated heterocycles. The average Bonchev–Trinajstić information content (AvgIpc) is 2.82. The van der Waals surface area contributed by atoms with Crippen molar-refractivity contribution in [3.05, 3.63) is 41.7 Å². The molecule has 37 heavy (non-hydrogen) atoms. The zero-order valence-corrected chi connectivity index (χ0v) is 20.0. The van der Waals surface area contributed by atoms with Crippen molar-refractivity contribution in [3.8, 4) is 11.8 Å². The number of aromatic nitrogens is 2. The van der Waals surface area contributed by atoms with E-state index < -0.39 is 33.5 Å². The van der Waals surface area contributed by atoms with Gasteiger partial charge < -0.3 is 20.5 Å². The van der Waals surface area contributed by atoms with Crippen LogP contribution in [0.15, 0.2) is 35.5 Å². The second-order valence-electron chi connectivity index (χ2n) is 7.85. The van der Waals surface area contributed by atoms with Crippen LogP contribution >= 0.6 is 0 Å². The Morgan fingerprint density at radius 1 is 1.05 bits per heavy atom. The highest BCUT2D eigenvalue weighted by molar-refractivity contribution is 7.89. The fourth-order valence-electron chi connectivity index (χ4n) is 3.52. The normalized spacial score (nSPS) is 15.8. The van der Waals surface area contributed by atoms with Crippen LogP contribution in [0.4, 0.5) is 38.0 Å². The molecule has 1 aliphatic heterocycles. The first-order chi connectivity index (χ1) is 17.1. The minimum Gasteiger partial charge on any atom is -0.384 e. The van der Waals surface area contributed by atoms with Crippen molar-refractivity contribution in [2.75, 3.05) is 50.5 Å². The van der Waals surface area contributed by atoms with Crippen LogP contribution in [0.2, 0.25) is 0 Å². The number of alkyl halides is 6. The predicted molar refractivity (Wildman–Crippen MR) is 119 cm³/mol. The van der Waals surface area contributed by atoms with Crippen LogP contribution in [0.25, 0.3) is 0 Å². The summed E-state index contributed by atoms with van der Waals surface area (Å²) in [5.41, 5.74) is -1.59. The van der Waals surface area contributed by atoms with Crippen LogP contribution in [-0.4, -0.2) is 80.0 Å². The summed E-state index contributed by atoms with van der Waals surface area (Å²) in [4.78, 5) is 8.89. The Labute approximate surface area is 207 Å². The molecule has 2 aromatic heterocycles. The van der Waals surface area contributed by atoms with Crippen molar-refractivity contribution in [1.29, 1.82) is 0 Å². The van der Waals surface area contributed by atoms with E-state index in [1.807, 2.05) is 0 Å². The molecule has 0 spiro atoms. The smallest absolute Gasteiger partial charge is 0.384 e. The number of hydrogen-bond donors (Lipinski definition) is 2. The van der Waals surface area contributed by atoms with Gasteiger partial charge in [-0.1, -0.05) is 11.8 Å². The molecule has 3 N–H and O–H groups in total. The first-order valence-electron chi connectivity index (χ1n) is 10.4. The lowest BCUT2D eigenvalue weighted by Gasteiger charge is -2.36. The molecule has 0 aromatic carbocycles. The number of pyridine rings is 2. The number of aliphatic hydroxyl groups is 1. The van der Waals surface area contributed by atoms with Crippen molar-refractivity contribution in [1.82, 2.24) is 14.3 Å². The number of halogens is 6. The van der Waals surface area contributed by atoms with Gasteiger partial charge in [-0.25, -0.2) is 18.4 Å². The SMILES string of the molecule is COCC#Cc1cc(C(O)(C(F)(F)F)C(F)(F)F)cnc1N1CCN(S(=O)(=O)c2ccc(N)nc2)CC1. The van der Waals surface area contributed by atoms with Gasteiger partial charge in [0, 0.05) is 51.2 Å². The molecule has 9 nitrogen and oxygen atoms in total. The Balaban J connectivity index is 1.94. The van der Waals surface area contributed by atoms with E-state index in [-0.39, 0.29) is 61.1 Å². The van der Waals surface area contributed by atoms with E-state index in [1.54, 1.807) is 0 Å². The number of hydrogen-bond acceptors (Lipinski definition) is 8. The number of ether oxygens (including phenoxy) is 1. The molecule has 1 fully saturated rings. The highest BCUT2D eigenvalue weighted by Crippen LogP contribution is 2.50. The number of sulfonamides is 1. The van der Waals surface area contributed by atoms with Gasteiger partial charge in [-0.05, 0) is 18.2 Å². The Morgan fingerprint density at radius 3 is 2.19 bits per heavy atom. The fraction of sp³-hybridized carbons (Fsp3) is 0.429. The van der Waals surface area contributed by atoms with Crippen molar-refractivity contribution in [2.24, 2.45) is 0 Å². The molecule has 0 bridgehead atoms. The van der Waals surface area contributed by atoms with E-state index in [0.717, 1.165) is 10.5 Å². The van der Waals surface area contributed by atoms with E-state index in [4.69, 9.17) is 10.5 Å². The maximum absolute atomic E-state index is 13.4. The number of nitrogens with two attached hydrogens (primary N) is 1. The summed E-state index contributed by atoms with van der Waals surface area (Å²) < 4.78 is 112. The van der Waals surface area contributed by atoms with Crippen LogP contribution in [0.1, 0.15) is 11.1 Å². The average molecular weight is 553 g/mol. The van der Waals surface area contributed by atoms with Gasteiger partial charge in [-0.3, -0.25) is 0 Å². The molecule has 16 heteroatoms. The number of nitrogens with zero attached hydrogens (tertiary/aromatic N) is 4. The summed E-state index contributed by atoms with van der Waals surface area (Å²) in [7, 11) is -2.65. The Morgan fingerprint density at radius 2 is 1.68 bits per heavy atom. The lowest BCUT2D eigenvalue weighted by atomic mass is 9.92. The van der Waals surface area contributed by atoms with Gasteiger partial charge in [0.1, 0.15) is 23.1 Å². The second-order valence-corrected chi connectivity index (χ2v) is 9.78. The maximum atomic E-state index is 13.4. The van der Waals surface area contributed by atoms with Crippen molar-refractivity contribution in [2.45, 2.75) is 22.8 Å². The Bertz CT molecular complexity index is 1270. The molecule has 0 saturated carbocycles. The standard InChI is InChI=1S/C21H21F6N5O4S/c1-36-10-2-3-14-11-15(19(33,20(22,23)24)21(25,26)27)12-30-18(14)31-6-8-32(9-7-31)37(34,35)16-4-5-17(28)29-13-16/h4-5,11-13,33H,6-10H2,1H3,(H2,28,29). The lowest BCUT2D eigenvalue weighted by molar-refractivity contribution is -0.376. The van der Waals surface area contributed by atoms with Crippen molar-refractivity contribution >= 4 is 21.7 Å². The van der Waals surface area contributed by atoms with Gasteiger partial charge >= 0.3 is 12.4 Å². The minimum atomic E-state index is -6.09. The summed E-state index contributed by atoms with van der Waals surface area (Å²) in [6, 6.07) is 3.08. The third-order valence-corrected chi connectivity index (χ3v) is 7.36. The minimum absolute atomic E-state index is 0.00422. The zero-order valence-electron chi connectivity index (χ0n) is 19.1. The zero-order chi connectivity index (χ0) is 27.6. The molecule has 1 aliphatic rings. The first-order valence-corrected chi connectivity index (χ1v) is 11.9. The van der Waals surface area contributed by atoms with Crippen LogP contribution < -0.4 is 10.6 Å². The lowest BCUT2D eigenvalue weighted by Crippen LogP contribution is -2.54. The number of nitrogen functional groups attached to an aromatic ring is 1.